The number of amides is 1. The van der Waals surface area contributed by atoms with Crippen molar-refractivity contribution in [3.8, 4) is 0 Å². The van der Waals surface area contributed by atoms with Gasteiger partial charge in [-0.05, 0) is 18.6 Å². The minimum Gasteiger partial charge on any atom is -0.355 e. The third kappa shape index (κ3) is 4.94. The lowest BCUT2D eigenvalue weighted by Crippen LogP contribution is -2.34. The fourth-order valence-electron chi connectivity index (χ4n) is 1.33. The van der Waals surface area contributed by atoms with Crippen molar-refractivity contribution in [3.63, 3.8) is 0 Å². The van der Waals surface area contributed by atoms with Crippen molar-refractivity contribution in [2.24, 2.45) is 0 Å². The molecule has 0 aliphatic heterocycles. The second kappa shape index (κ2) is 7.54. The van der Waals surface area contributed by atoms with Gasteiger partial charge < -0.3 is 10.6 Å². The molecule has 5 heteroatoms. The first-order valence-electron chi connectivity index (χ1n) is 5.55. The summed E-state index contributed by atoms with van der Waals surface area (Å²) < 4.78 is 0. The number of carbonyl (C=O) groups excluding carboxylic acids is 1. The predicted octanol–water partition coefficient (Wildman–Crippen LogP) is 2.61. The van der Waals surface area contributed by atoms with Gasteiger partial charge in [0, 0.05) is 28.7 Å². The topological polar surface area (TPSA) is 41.1 Å². The summed E-state index contributed by atoms with van der Waals surface area (Å²) in [4.78, 5) is 11.3. The van der Waals surface area contributed by atoms with E-state index in [0.717, 1.165) is 12.0 Å². The summed E-state index contributed by atoms with van der Waals surface area (Å²) in [7, 11) is 0. The summed E-state index contributed by atoms with van der Waals surface area (Å²) >= 11 is 12.0. The van der Waals surface area contributed by atoms with E-state index in [1.54, 1.807) is 18.2 Å². The molecule has 3 nitrogen and oxygen atoms in total. The molecule has 0 saturated carbocycles. The molecule has 0 bridgehead atoms. The highest BCUT2D eigenvalue weighted by Crippen LogP contribution is 2.23. The minimum atomic E-state index is -0.0185. The predicted molar refractivity (Wildman–Crippen MR) is 71.5 cm³/mol. The summed E-state index contributed by atoms with van der Waals surface area (Å²) in [5.41, 5.74) is 0.819. The van der Waals surface area contributed by atoms with E-state index in [1.165, 1.54) is 0 Å². The van der Waals surface area contributed by atoms with Crippen LogP contribution in [0.4, 0.5) is 0 Å². The molecule has 1 aromatic rings. The zero-order valence-corrected chi connectivity index (χ0v) is 11.2. The lowest BCUT2D eigenvalue weighted by atomic mass is 10.2. The van der Waals surface area contributed by atoms with E-state index in [0.29, 0.717) is 23.1 Å². The van der Waals surface area contributed by atoms with Crippen molar-refractivity contribution < 1.29 is 4.79 Å². The van der Waals surface area contributed by atoms with Crippen molar-refractivity contribution in [3.05, 3.63) is 33.8 Å². The number of rotatable bonds is 6. The van der Waals surface area contributed by atoms with E-state index in [-0.39, 0.29) is 12.5 Å². The molecule has 94 valence electrons. The quantitative estimate of drug-likeness (QED) is 0.838. The van der Waals surface area contributed by atoms with Gasteiger partial charge in [0.05, 0.1) is 6.54 Å². The molecule has 0 aromatic heterocycles. The molecule has 0 aliphatic carbocycles. The molecule has 1 rings (SSSR count). The second-order valence-electron chi connectivity index (χ2n) is 3.65. The van der Waals surface area contributed by atoms with Gasteiger partial charge in [-0.1, -0.05) is 36.2 Å². The maximum absolute atomic E-state index is 11.3. The third-order valence-corrected chi connectivity index (χ3v) is 2.93. The number of benzene rings is 1. The Balaban J connectivity index is 2.38. The number of hydrogen-bond acceptors (Lipinski definition) is 2. The SMILES string of the molecule is CCCNC(=O)CNCc1c(Cl)cccc1Cl. The third-order valence-electron chi connectivity index (χ3n) is 2.22. The Labute approximate surface area is 111 Å². The fraction of sp³-hybridized carbons (Fsp3) is 0.417. The average Bonchev–Trinajstić information content (AvgIpc) is 2.30. The highest BCUT2D eigenvalue weighted by Gasteiger charge is 2.05. The molecule has 0 heterocycles. The standard InChI is InChI=1S/C12H16Cl2N2O/c1-2-6-16-12(17)8-15-7-9-10(13)4-3-5-11(9)14/h3-5,15H,2,6-8H2,1H3,(H,16,17). The van der Waals surface area contributed by atoms with Gasteiger partial charge in [0.25, 0.3) is 0 Å². The van der Waals surface area contributed by atoms with Gasteiger partial charge in [0.15, 0.2) is 0 Å². The first kappa shape index (κ1) is 14.3. The number of carbonyl (C=O) groups is 1. The zero-order chi connectivity index (χ0) is 12.7. The van der Waals surface area contributed by atoms with Crippen LogP contribution in [-0.4, -0.2) is 19.0 Å². The molecular weight excluding hydrogens is 259 g/mol. The van der Waals surface area contributed by atoms with Crippen molar-refractivity contribution in [1.29, 1.82) is 0 Å². The molecule has 0 saturated heterocycles. The molecule has 0 aliphatic rings. The summed E-state index contributed by atoms with van der Waals surface area (Å²) in [5, 5.41) is 7.01. The van der Waals surface area contributed by atoms with E-state index >= 15 is 0 Å². The maximum Gasteiger partial charge on any atom is 0.233 e. The molecule has 1 aromatic carbocycles. The van der Waals surface area contributed by atoms with Crippen LogP contribution in [0.25, 0.3) is 0 Å². The summed E-state index contributed by atoms with van der Waals surface area (Å²) in [6.07, 6.45) is 0.933. The van der Waals surface area contributed by atoms with Crippen molar-refractivity contribution in [2.75, 3.05) is 13.1 Å². The lowest BCUT2D eigenvalue weighted by molar-refractivity contribution is -0.120. The molecule has 0 radical (unpaired) electrons. The van der Waals surface area contributed by atoms with Crippen molar-refractivity contribution in [1.82, 2.24) is 10.6 Å². The number of halogens is 2. The maximum atomic E-state index is 11.3. The molecule has 2 N–H and O–H groups in total. The first-order valence-corrected chi connectivity index (χ1v) is 6.31. The van der Waals surface area contributed by atoms with Gasteiger partial charge in [-0.2, -0.15) is 0 Å². The molecule has 0 unspecified atom stereocenters. The Kier molecular flexibility index (Phi) is 6.34. The minimum absolute atomic E-state index is 0.0185. The van der Waals surface area contributed by atoms with Gasteiger partial charge in [-0.3, -0.25) is 4.79 Å². The van der Waals surface area contributed by atoms with Crippen LogP contribution in [0.2, 0.25) is 10.0 Å². The molecule has 0 fully saturated rings. The Morgan fingerprint density at radius 2 is 1.94 bits per heavy atom. The van der Waals surface area contributed by atoms with Crippen molar-refractivity contribution in [2.45, 2.75) is 19.9 Å². The molecule has 17 heavy (non-hydrogen) atoms. The highest BCUT2D eigenvalue weighted by atomic mass is 35.5. The van der Waals surface area contributed by atoms with E-state index < -0.39 is 0 Å². The fourth-order valence-corrected chi connectivity index (χ4v) is 1.86. The van der Waals surface area contributed by atoms with Gasteiger partial charge >= 0.3 is 0 Å². The first-order chi connectivity index (χ1) is 8.15. The summed E-state index contributed by atoms with van der Waals surface area (Å²) in [6, 6.07) is 5.35. The lowest BCUT2D eigenvalue weighted by Gasteiger charge is -2.08. The second-order valence-corrected chi connectivity index (χ2v) is 4.47. The monoisotopic (exact) mass is 274 g/mol. The van der Waals surface area contributed by atoms with E-state index in [9.17, 15) is 4.79 Å². The summed E-state index contributed by atoms with van der Waals surface area (Å²) in [5.74, 6) is -0.0185. The van der Waals surface area contributed by atoms with Crippen LogP contribution < -0.4 is 10.6 Å². The Morgan fingerprint density at radius 3 is 2.53 bits per heavy atom. The highest BCUT2D eigenvalue weighted by molar-refractivity contribution is 6.35. The molecule has 0 atom stereocenters. The largest absolute Gasteiger partial charge is 0.355 e. The Morgan fingerprint density at radius 1 is 1.29 bits per heavy atom. The van der Waals surface area contributed by atoms with Gasteiger partial charge in [-0.25, -0.2) is 0 Å². The Hall–Kier alpha value is -0.770. The Bertz CT molecular complexity index is 363. The number of nitrogens with one attached hydrogen (secondary N) is 2. The van der Waals surface area contributed by atoms with Crippen LogP contribution in [0.1, 0.15) is 18.9 Å². The molecule has 0 spiro atoms. The van der Waals surface area contributed by atoms with E-state index in [2.05, 4.69) is 10.6 Å². The summed E-state index contributed by atoms with van der Waals surface area (Å²) in [6.45, 7) is 3.46. The number of hydrogen-bond donors (Lipinski definition) is 2. The van der Waals surface area contributed by atoms with Crippen LogP contribution in [0.5, 0.6) is 0 Å². The van der Waals surface area contributed by atoms with Crippen LogP contribution >= 0.6 is 23.2 Å². The van der Waals surface area contributed by atoms with Crippen LogP contribution in [0.3, 0.4) is 0 Å². The van der Waals surface area contributed by atoms with Crippen molar-refractivity contribution >= 4 is 29.1 Å². The van der Waals surface area contributed by atoms with Gasteiger partial charge in [0.2, 0.25) is 5.91 Å². The molecule has 1 amide bonds. The van der Waals surface area contributed by atoms with E-state index in [1.807, 2.05) is 6.92 Å². The van der Waals surface area contributed by atoms with Gasteiger partial charge in [0.1, 0.15) is 0 Å². The van der Waals surface area contributed by atoms with Crippen LogP contribution in [-0.2, 0) is 11.3 Å². The average molecular weight is 275 g/mol. The molecular formula is C12H16Cl2N2O. The van der Waals surface area contributed by atoms with Crippen LogP contribution in [0, 0.1) is 0 Å². The zero-order valence-electron chi connectivity index (χ0n) is 9.72. The smallest absolute Gasteiger partial charge is 0.233 e. The van der Waals surface area contributed by atoms with Gasteiger partial charge in [-0.15, -0.1) is 0 Å². The van der Waals surface area contributed by atoms with E-state index in [4.69, 9.17) is 23.2 Å². The normalized spacial score (nSPS) is 10.3. The van der Waals surface area contributed by atoms with Crippen LogP contribution in [0.15, 0.2) is 18.2 Å².